The Morgan fingerprint density at radius 2 is 2.11 bits per heavy atom. The largest absolute Gasteiger partial charge is 0.334 e. The molecule has 3 nitrogen and oxygen atoms in total. The first-order chi connectivity index (χ1) is 8.41. The summed E-state index contributed by atoms with van der Waals surface area (Å²) in [5, 5.41) is -0.338. The normalized spacial score (nSPS) is 23.5. The highest BCUT2D eigenvalue weighted by atomic mass is 35.5. The van der Waals surface area contributed by atoms with Gasteiger partial charge in [0.1, 0.15) is 11.6 Å². The molecule has 0 saturated carbocycles. The van der Waals surface area contributed by atoms with Crippen LogP contribution in [-0.2, 0) is 0 Å². The Balaban J connectivity index is 2.32. The summed E-state index contributed by atoms with van der Waals surface area (Å²) in [6.07, 6.45) is 0.657. The van der Waals surface area contributed by atoms with Crippen LogP contribution in [0.5, 0.6) is 0 Å². The number of nitrogens with two attached hydrogens (primary N) is 1. The predicted molar refractivity (Wildman–Crippen MR) is 64.5 cm³/mol. The molecule has 2 atom stereocenters. The second-order valence-electron chi connectivity index (χ2n) is 4.44. The lowest BCUT2D eigenvalue weighted by molar-refractivity contribution is 0.0737. The van der Waals surface area contributed by atoms with Crippen molar-refractivity contribution in [3.05, 3.63) is 34.4 Å². The third-order valence-corrected chi connectivity index (χ3v) is 3.61. The van der Waals surface area contributed by atoms with Gasteiger partial charge in [-0.05, 0) is 25.5 Å². The Bertz CT molecular complexity index is 495. The minimum absolute atomic E-state index is 0.130. The van der Waals surface area contributed by atoms with Gasteiger partial charge in [0.2, 0.25) is 0 Å². The van der Waals surface area contributed by atoms with Gasteiger partial charge in [-0.25, -0.2) is 8.78 Å². The number of hydrogen-bond donors (Lipinski definition) is 1. The van der Waals surface area contributed by atoms with Gasteiger partial charge in [-0.15, -0.1) is 0 Å². The van der Waals surface area contributed by atoms with Crippen LogP contribution in [0.25, 0.3) is 0 Å². The van der Waals surface area contributed by atoms with Gasteiger partial charge in [0.05, 0.1) is 10.6 Å². The molecule has 1 fully saturated rings. The average molecular weight is 275 g/mol. The Morgan fingerprint density at radius 3 is 2.67 bits per heavy atom. The first-order valence-electron chi connectivity index (χ1n) is 5.63. The third kappa shape index (κ3) is 2.20. The number of benzene rings is 1. The molecule has 0 radical (unpaired) electrons. The van der Waals surface area contributed by atoms with Crippen LogP contribution in [0.15, 0.2) is 12.1 Å². The summed E-state index contributed by atoms with van der Waals surface area (Å²) < 4.78 is 26.9. The van der Waals surface area contributed by atoms with E-state index < -0.39 is 17.5 Å². The molecule has 2 rings (SSSR count). The summed E-state index contributed by atoms with van der Waals surface area (Å²) in [6, 6.07) is 1.33. The molecule has 0 spiro atoms. The fraction of sp³-hybridized carbons (Fsp3) is 0.417. The van der Waals surface area contributed by atoms with E-state index >= 15 is 0 Å². The monoisotopic (exact) mass is 274 g/mol. The van der Waals surface area contributed by atoms with E-state index in [0.717, 1.165) is 12.1 Å². The van der Waals surface area contributed by atoms with Gasteiger partial charge in [-0.2, -0.15) is 0 Å². The molecule has 1 heterocycles. The molecule has 1 amide bonds. The SMILES string of the molecule is CC1C(N)CCN1C(=O)c1cc(F)c(Cl)cc1F. The average Bonchev–Trinajstić information content (AvgIpc) is 2.64. The number of amides is 1. The maximum Gasteiger partial charge on any atom is 0.257 e. The van der Waals surface area contributed by atoms with Crippen molar-refractivity contribution in [2.24, 2.45) is 5.73 Å². The topological polar surface area (TPSA) is 46.3 Å². The van der Waals surface area contributed by atoms with Crippen molar-refractivity contribution in [2.45, 2.75) is 25.4 Å². The number of halogens is 3. The van der Waals surface area contributed by atoms with E-state index in [-0.39, 0.29) is 22.7 Å². The third-order valence-electron chi connectivity index (χ3n) is 3.32. The highest BCUT2D eigenvalue weighted by Crippen LogP contribution is 2.24. The molecule has 98 valence electrons. The summed E-state index contributed by atoms with van der Waals surface area (Å²) in [5.41, 5.74) is 5.49. The van der Waals surface area contributed by atoms with Gasteiger partial charge >= 0.3 is 0 Å². The minimum Gasteiger partial charge on any atom is -0.334 e. The van der Waals surface area contributed by atoms with Gasteiger partial charge in [-0.1, -0.05) is 11.6 Å². The van der Waals surface area contributed by atoms with Crippen molar-refractivity contribution < 1.29 is 13.6 Å². The smallest absolute Gasteiger partial charge is 0.257 e. The van der Waals surface area contributed by atoms with Gasteiger partial charge in [0.25, 0.3) is 5.91 Å². The van der Waals surface area contributed by atoms with E-state index in [0.29, 0.717) is 13.0 Å². The number of carbonyl (C=O) groups is 1. The van der Waals surface area contributed by atoms with Crippen LogP contribution in [0.3, 0.4) is 0 Å². The van der Waals surface area contributed by atoms with Gasteiger partial charge in [0, 0.05) is 18.6 Å². The Kier molecular flexibility index (Phi) is 3.54. The first-order valence-corrected chi connectivity index (χ1v) is 6.00. The lowest BCUT2D eigenvalue weighted by atomic mass is 10.1. The van der Waals surface area contributed by atoms with E-state index in [2.05, 4.69) is 0 Å². The molecule has 2 N–H and O–H groups in total. The molecule has 0 aromatic heterocycles. The molecule has 0 aliphatic carbocycles. The van der Waals surface area contributed by atoms with Crippen LogP contribution in [0.1, 0.15) is 23.7 Å². The van der Waals surface area contributed by atoms with E-state index in [1.807, 2.05) is 0 Å². The maximum atomic E-state index is 13.6. The van der Waals surface area contributed by atoms with Crippen molar-refractivity contribution in [2.75, 3.05) is 6.54 Å². The van der Waals surface area contributed by atoms with Gasteiger partial charge in [-0.3, -0.25) is 4.79 Å². The molecular weight excluding hydrogens is 262 g/mol. The van der Waals surface area contributed by atoms with Crippen molar-refractivity contribution in [3.8, 4) is 0 Å². The van der Waals surface area contributed by atoms with Gasteiger partial charge in [0.15, 0.2) is 0 Å². The summed E-state index contributed by atoms with van der Waals surface area (Å²) in [7, 11) is 0. The van der Waals surface area contributed by atoms with Gasteiger partial charge < -0.3 is 10.6 Å². The number of likely N-dealkylation sites (tertiary alicyclic amines) is 1. The number of rotatable bonds is 1. The molecule has 1 aliphatic heterocycles. The summed E-state index contributed by atoms with van der Waals surface area (Å²) in [6.45, 7) is 2.24. The van der Waals surface area contributed by atoms with Crippen molar-refractivity contribution in [1.82, 2.24) is 4.90 Å². The zero-order valence-corrected chi connectivity index (χ0v) is 10.5. The minimum atomic E-state index is -0.820. The molecule has 1 saturated heterocycles. The van der Waals surface area contributed by atoms with E-state index in [9.17, 15) is 13.6 Å². The molecule has 6 heteroatoms. The number of nitrogens with zero attached hydrogens (tertiary/aromatic N) is 1. The lowest BCUT2D eigenvalue weighted by Crippen LogP contribution is -2.40. The van der Waals surface area contributed by atoms with E-state index in [4.69, 9.17) is 17.3 Å². The summed E-state index contributed by atoms with van der Waals surface area (Å²) >= 11 is 5.44. The molecule has 1 aliphatic rings. The summed E-state index contributed by atoms with van der Waals surface area (Å²) in [5.74, 6) is -2.18. The van der Waals surface area contributed by atoms with E-state index in [1.165, 1.54) is 4.90 Å². The molecule has 0 bridgehead atoms. The standard InChI is InChI=1S/C12H13ClF2N2O/c1-6-11(16)2-3-17(6)12(18)7-4-10(15)8(13)5-9(7)14/h4-6,11H,2-3,16H2,1H3. The Hall–Kier alpha value is -1.20. The van der Waals surface area contributed by atoms with Crippen LogP contribution in [-0.4, -0.2) is 29.4 Å². The molecule has 1 aromatic rings. The fourth-order valence-electron chi connectivity index (χ4n) is 2.09. The van der Waals surface area contributed by atoms with Crippen molar-refractivity contribution >= 4 is 17.5 Å². The van der Waals surface area contributed by atoms with Crippen LogP contribution >= 0.6 is 11.6 Å². The molecule has 2 unspecified atom stereocenters. The first kappa shape index (κ1) is 13.2. The fourth-order valence-corrected chi connectivity index (χ4v) is 2.24. The molecule has 1 aromatic carbocycles. The second kappa shape index (κ2) is 4.82. The second-order valence-corrected chi connectivity index (χ2v) is 4.85. The highest BCUT2D eigenvalue weighted by Gasteiger charge is 2.33. The van der Waals surface area contributed by atoms with Crippen LogP contribution in [0.2, 0.25) is 5.02 Å². The van der Waals surface area contributed by atoms with Crippen LogP contribution in [0, 0.1) is 11.6 Å². The van der Waals surface area contributed by atoms with Crippen molar-refractivity contribution in [1.29, 1.82) is 0 Å². The number of carbonyl (C=O) groups excluding carboxylic acids is 1. The zero-order valence-electron chi connectivity index (χ0n) is 9.79. The predicted octanol–water partition coefficient (Wildman–Crippen LogP) is 2.18. The Morgan fingerprint density at radius 1 is 1.44 bits per heavy atom. The zero-order chi connectivity index (χ0) is 13.4. The Labute approximate surface area is 109 Å². The molecular formula is C12H13ClF2N2O. The van der Waals surface area contributed by atoms with Crippen LogP contribution in [0.4, 0.5) is 8.78 Å². The quantitative estimate of drug-likeness (QED) is 0.798. The van der Waals surface area contributed by atoms with Crippen LogP contribution < -0.4 is 5.73 Å². The van der Waals surface area contributed by atoms with E-state index in [1.54, 1.807) is 6.92 Å². The summed E-state index contributed by atoms with van der Waals surface area (Å²) in [4.78, 5) is 13.6. The molecule has 18 heavy (non-hydrogen) atoms. The maximum absolute atomic E-state index is 13.6. The number of hydrogen-bond acceptors (Lipinski definition) is 2. The highest BCUT2D eigenvalue weighted by molar-refractivity contribution is 6.30. The van der Waals surface area contributed by atoms with Crippen molar-refractivity contribution in [3.63, 3.8) is 0 Å². The lowest BCUT2D eigenvalue weighted by Gasteiger charge is -2.23.